The van der Waals surface area contributed by atoms with E-state index in [4.69, 9.17) is 5.73 Å². The fourth-order valence-corrected chi connectivity index (χ4v) is 2.37. The minimum Gasteiger partial charge on any atom is -0.394 e. The molecule has 98 valence electrons. The topological polar surface area (TPSA) is 46.3 Å². The smallest absolute Gasteiger partial charge is 0.254 e. The van der Waals surface area contributed by atoms with Gasteiger partial charge in [-0.2, -0.15) is 0 Å². The molecule has 2 rings (SSSR count). The van der Waals surface area contributed by atoms with Crippen LogP contribution in [0.4, 0.5) is 14.5 Å². The molecule has 2 N–H and O–H groups in total. The third kappa shape index (κ3) is 2.30. The molecular weight excluding hydrogens is 238 g/mol. The molecule has 1 aromatic carbocycles. The molecular formula is C13H16F2N2O. The molecule has 0 bridgehead atoms. The van der Waals surface area contributed by atoms with Crippen molar-refractivity contribution in [3.8, 4) is 0 Å². The van der Waals surface area contributed by atoms with Gasteiger partial charge in [0.1, 0.15) is 17.3 Å². The van der Waals surface area contributed by atoms with Gasteiger partial charge in [-0.3, -0.25) is 4.79 Å². The molecule has 0 heterocycles. The van der Waals surface area contributed by atoms with Crippen LogP contribution in [0.25, 0.3) is 0 Å². The Morgan fingerprint density at radius 3 is 2.28 bits per heavy atom. The lowest BCUT2D eigenvalue weighted by atomic mass is 10.1. The number of carbonyl (C=O) groups excluding carboxylic acids is 1. The maximum atomic E-state index is 13.3. The number of rotatable bonds is 2. The minimum atomic E-state index is -0.891. The molecule has 3 nitrogen and oxygen atoms in total. The van der Waals surface area contributed by atoms with E-state index in [0.717, 1.165) is 37.8 Å². The molecule has 1 aliphatic carbocycles. The van der Waals surface area contributed by atoms with Crippen molar-refractivity contribution >= 4 is 11.6 Å². The number of nitrogens with two attached hydrogens (primary N) is 1. The van der Waals surface area contributed by atoms with E-state index in [2.05, 4.69) is 0 Å². The highest BCUT2D eigenvalue weighted by molar-refractivity contribution is 5.94. The SMILES string of the molecule is CN(C(=O)c1cc(F)c(N)c(F)c1)C1CCCC1. The van der Waals surface area contributed by atoms with Gasteiger partial charge < -0.3 is 10.6 Å². The first-order chi connectivity index (χ1) is 8.50. The van der Waals surface area contributed by atoms with E-state index >= 15 is 0 Å². The van der Waals surface area contributed by atoms with E-state index in [9.17, 15) is 13.6 Å². The van der Waals surface area contributed by atoms with Crippen molar-refractivity contribution in [2.75, 3.05) is 12.8 Å². The van der Waals surface area contributed by atoms with Crippen LogP contribution in [0.3, 0.4) is 0 Å². The summed E-state index contributed by atoms with van der Waals surface area (Å²) in [6.45, 7) is 0. The molecule has 1 aliphatic rings. The molecule has 0 aromatic heterocycles. The number of halogens is 2. The Bertz CT molecular complexity index is 447. The van der Waals surface area contributed by atoms with Crippen molar-refractivity contribution in [1.82, 2.24) is 4.90 Å². The van der Waals surface area contributed by atoms with Gasteiger partial charge in [-0.1, -0.05) is 12.8 Å². The van der Waals surface area contributed by atoms with Gasteiger partial charge in [0.25, 0.3) is 5.91 Å². The Labute approximate surface area is 105 Å². The molecule has 5 heteroatoms. The molecule has 0 aliphatic heterocycles. The predicted molar refractivity (Wildman–Crippen MR) is 65.1 cm³/mol. The zero-order valence-corrected chi connectivity index (χ0v) is 10.2. The van der Waals surface area contributed by atoms with Gasteiger partial charge in [0.05, 0.1) is 0 Å². The second kappa shape index (κ2) is 4.92. The number of nitrogen functional groups attached to an aromatic ring is 1. The summed E-state index contributed by atoms with van der Waals surface area (Å²) in [6, 6.07) is 2.15. The van der Waals surface area contributed by atoms with Gasteiger partial charge >= 0.3 is 0 Å². The first-order valence-corrected chi connectivity index (χ1v) is 6.02. The molecule has 1 fully saturated rings. The Balaban J connectivity index is 2.22. The summed E-state index contributed by atoms with van der Waals surface area (Å²) in [5.74, 6) is -2.14. The number of benzene rings is 1. The van der Waals surface area contributed by atoms with Gasteiger partial charge in [0, 0.05) is 18.7 Å². The highest BCUT2D eigenvalue weighted by Crippen LogP contribution is 2.25. The van der Waals surface area contributed by atoms with Crippen molar-refractivity contribution in [3.63, 3.8) is 0 Å². The van der Waals surface area contributed by atoms with Crippen LogP contribution in [-0.2, 0) is 0 Å². The average molecular weight is 254 g/mol. The van der Waals surface area contributed by atoms with Gasteiger partial charge in [0.15, 0.2) is 0 Å². The van der Waals surface area contributed by atoms with Gasteiger partial charge in [-0.15, -0.1) is 0 Å². The van der Waals surface area contributed by atoms with Crippen molar-refractivity contribution in [1.29, 1.82) is 0 Å². The van der Waals surface area contributed by atoms with Crippen molar-refractivity contribution in [3.05, 3.63) is 29.3 Å². The maximum absolute atomic E-state index is 13.3. The first kappa shape index (κ1) is 12.8. The van der Waals surface area contributed by atoms with E-state index < -0.39 is 17.3 Å². The van der Waals surface area contributed by atoms with E-state index in [1.54, 1.807) is 11.9 Å². The predicted octanol–water partition coefficient (Wildman–Crippen LogP) is 2.56. The fraction of sp³-hybridized carbons (Fsp3) is 0.462. The summed E-state index contributed by atoms with van der Waals surface area (Å²) >= 11 is 0. The van der Waals surface area contributed by atoms with Crippen LogP contribution in [-0.4, -0.2) is 23.9 Å². The molecule has 1 amide bonds. The minimum absolute atomic E-state index is 0.00796. The summed E-state index contributed by atoms with van der Waals surface area (Å²) in [5, 5.41) is 0. The number of hydrogen-bond acceptors (Lipinski definition) is 2. The molecule has 18 heavy (non-hydrogen) atoms. The van der Waals surface area contributed by atoms with Crippen molar-refractivity contribution < 1.29 is 13.6 Å². The van der Waals surface area contributed by atoms with E-state index in [1.807, 2.05) is 0 Å². The summed E-state index contributed by atoms with van der Waals surface area (Å²) in [7, 11) is 1.67. The number of nitrogens with zero attached hydrogens (tertiary/aromatic N) is 1. The van der Waals surface area contributed by atoms with Crippen LogP contribution in [0.1, 0.15) is 36.0 Å². The summed E-state index contributed by atoms with van der Waals surface area (Å²) in [4.78, 5) is 13.7. The molecule has 1 aromatic rings. The largest absolute Gasteiger partial charge is 0.394 e. The lowest BCUT2D eigenvalue weighted by molar-refractivity contribution is 0.0734. The third-order valence-electron chi connectivity index (χ3n) is 3.52. The van der Waals surface area contributed by atoms with Crippen LogP contribution >= 0.6 is 0 Å². The second-order valence-corrected chi connectivity index (χ2v) is 4.71. The summed E-state index contributed by atoms with van der Waals surface area (Å²) in [5.41, 5.74) is 4.64. The van der Waals surface area contributed by atoms with Crippen LogP contribution in [0.5, 0.6) is 0 Å². The van der Waals surface area contributed by atoms with Crippen LogP contribution in [0.15, 0.2) is 12.1 Å². The Kier molecular flexibility index (Phi) is 3.50. The van der Waals surface area contributed by atoms with Crippen LogP contribution < -0.4 is 5.73 Å². The van der Waals surface area contributed by atoms with E-state index in [1.165, 1.54) is 0 Å². The van der Waals surface area contributed by atoms with Gasteiger partial charge in [-0.25, -0.2) is 8.78 Å². The highest BCUT2D eigenvalue weighted by atomic mass is 19.1. The van der Waals surface area contributed by atoms with E-state index in [-0.39, 0.29) is 17.5 Å². The number of carbonyl (C=O) groups is 1. The zero-order valence-electron chi connectivity index (χ0n) is 10.2. The molecule has 0 unspecified atom stereocenters. The normalized spacial score (nSPS) is 15.9. The number of amides is 1. The number of anilines is 1. The Morgan fingerprint density at radius 1 is 1.28 bits per heavy atom. The number of hydrogen-bond donors (Lipinski definition) is 1. The third-order valence-corrected chi connectivity index (χ3v) is 3.52. The van der Waals surface area contributed by atoms with Crippen molar-refractivity contribution in [2.45, 2.75) is 31.7 Å². The molecule has 1 saturated carbocycles. The Hall–Kier alpha value is -1.65. The lowest BCUT2D eigenvalue weighted by Crippen LogP contribution is -2.35. The van der Waals surface area contributed by atoms with Crippen LogP contribution in [0.2, 0.25) is 0 Å². The fourth-order valence-electron chi connectivity index (χ4n) is 2.37. The van der Waals surface area contributed by atoms with Gasteiger partial charge in [-0.05, 0) is 25.0 Å². The highest BCUT2D eigenvalue weighted by Gasteiger charge is 2.25. The molecule has 0 saturated heterocycles. The lowest BCUT2D eigenvalue weighted by Gasteiger charge is -2.24. The van der Waals surface area contributed by atoms with Crippen LogP contribution in [0, 0.1) is 11.6 Å². The zero-order chi connectivity index (χ0) is 13.3. The average Bonchev–Trinajstić information content (AvgIpc) is 2.87. The Morgan fingerprint density at radius 2 is 1.78 bits per heavy atom. The summed E-state index contributed by atoms with van der Waals surface area (Å²) in [6.07, 6.45) is 4.07. The monoisotopic (exact) mass is 254 g/mol. The molecule has 0 spiro atoms. The first-order valence-electron chi connectivity index (χ1n) is 6.02. The molecule has 0 radical (unpaired) electrons. The molecule has 0 atom stereocenters. The van der Waals surface area contributed by atoms with E-state index in [0.29, 0.717) is 0 Å². The van der Waals surface area contributed by atoms with Crippen molar-refractivity contribution in [2.24, 2.45) is 0 Å². The van der Waals surface area contributed by atoms with Gasteiger partial charge in [0.2, 0.25) is 0 Å². The quantitative estimate of drug-likeness (QED) is 0.824. The maximum Gasteiger partial charge on any atom is 0.254 e. The standard InChI is InChI=1S/C13H16F2N2O/c1-17(9-4-2-3-5-9)13(18)8-6-10(14)12(16)11(15)7-8/h6-7,9H,2-5,16H2,1H3. The summed E-state index contributed by atoms with van der Waals surface area (Å²) < 4.78 is 26.6. The second-order valence-electron chi connectivity index (χ2n) is 4.71.